The van der Waals surface area contributed by atoms with Crippen molar-refractivity contribution < 1.29 is 9.13 Å². The molecule has 3 aromatic rings. The summed E-state index contributed by atoms with van der Waals surface area (Å²) in [4.78, 5) is 12.8. The summed E-state index contributed by atoms with van der Waals surface area (Å²) >= 11 is 0. The van der Waals surface area contributed by atoms with Crippen molar-refractivity contribution in [3.63, 3.8) is 0 Å². The molecule has 0 saturated heterocycles. The third-order valence-electron chi connectivity index (χ3n) is 5.45. The van der Waals surface area contributed by atoms with Gasteiger partial charge in [0.05, 0.1) is 6.04 Å². The molecular formula is C23H22FNO2. The molecule has 0 aliphatic heterocycles. The highest BCUT2D eigenvalue weighted by molar-refractivity contribution is 5.34. The van der Waals surface area contributed by atoms with Gasteiger partial charge in [0.25, 0.3) is 5.56 Å². The second-order valence-corrected chi connectivity index (χ2v) is 7.04. The van der Waals surface area contributed by atoms with Gasteiger partial charge in [-0.25, -0.2) is 4.39 Å². The van der Waals surface area contributed by atoms with Gasteiger partial charge in [0.1, 0.15) is 11.4 Å². The minimum Gasteiger partial charge on any atom is -0.371 e. The van der Waals surface area contributed by atoms with Gasteiger partial charge in [-0.1, -0.05) is 60.7 Å². The summed E-state index contributed by atoms with van der Waals surface area (Å²) in [5.74, 6) is -0.185. The molecule has 0 radical (unpaired) electrons. The van der Waals surface area contributed by atoms with Gasteiger partial charge in [-0.15, -0.1) is 0 Å². The number of hydrogen-bond acceptors (Lipinski definition) is 2. The molecule has 138 valence electrons. The molecule has 2 aromatic carbocycles. The van der Waals surface area contributed by atoms with Crippen LogP contribution in [0.5, 0.6) is 0 Å². The maximum atomic E-state index is 14.1. The van der Waals surface area contributed by atoms with Crippen LogP contribution in [0, 0.1) is 11.7 Å². The van der Waals surface area contributed by atoms with E-state index in [1.807, 2.05) is 60.7 Å². The van der Waals surface area contributed by atoms with E-state index < -0.39 is 17.5 Å². The van der Waals surface area contributed by atoms with Crippen LogP contribution in [0.25, 0.3) is 0 Å². The summed E-state index contributed by atoms with van der Waals surface area (Å²) < 4.78 is 21.9. The summed E-state index contributed by atoms with van der Waals surface area (Å²) in [5, 5.41) is 0. The van der Waals surface area contributed by atoms with Gasteiger partial charge < -0.3 is 9.30 Å². The molecular weight excluding hydrogens is 341 g/mol. The predicted molar refractivity (Wildman–Crippen MR) is 103 cm³/mol. The Bertz CT molecular complexity index is 966. The Kier molecular flexibility index (Phi) is 4.66. The first kappa shape index (κ1) is 17.7. The standard InChI is InChI=1S/C23H22FNO2/c1-27-23(19-12-13-19,18-10-6-3-7-11-18)22(17-8-4-2-5-9-17)25-16-20(24)14-15-21(25)26/h2-11,14-16,19,22H,12-13H2,1H3. The minimum absolute atomic E-state index is 0.247. The van der Waals surface area contributed by atoms with Crippen LogP contribution in [0.2, 0.25) is 0 Å². The number of aromatic nitrogens is 1. The van der Waals surface area contributed by atoms with E-state index in [0.717, 1.165) is 24.0 Å². The van der Waals surface area contributed by atoms with E-state index in [2.05, 4.69) is 0 Å². The number of ether oxygens (including phenoxy) is 1. The molecule has 0 amide bonds. The van der Waals surface area contributed by atoms with Crippen LogP contribution < -0.4 is 5.56 Å². The first-order valence-corrected chi connectivity index (χ1v) is 9.20. The Labute approximate surface area is 158 Å². The highest BCUT2D eigenvalue weighted by atomic mass is 19.1. The normalized spacial score (nSPS) is 17.3. The third-order valence-corrected chi connectivity index (χ3v) is 5.45. The smallest absolute Gasteiger partial charge is 0.251 e. The van der Waals surface area contributed by atoms with Crippen LogP contribution in [-0.4, -0.2) is 11.7 Å². The maximum absolute atomic E-state index is 14.1. The van der Waals surface area contributed by atoms with E-state index in [0.29, 0.717) is 0 Å². The molecule has 3 nitrogen and oxygen atoms in total. The van der Waals surface area contributed by atoms with Crippen molar-refractivity contribution in [3.8, 4) is 0 Å². The SMILES string of the molecule is COC(c1ccccc1)(C1CC1)C(c1ccccc1)n1cc(F)ccc1=O. The van der Waals surface area contributed by atoms with Crippen LogP contribution in [-0.2, 0) is 10.3 Å². The largest absolute Gasteiger partial charge is 0.371 e. The van der Waals surface area contributed by atoms with E-state index in [1.165, 1.54) is 22.9 Å². The average molecular weight is 363 g/mol. The Balaban J connectivity index is 2.02. The van der Waals surface area contributed by atoms with E-state index in [-0.39, 0.29) is 11.5 Å². The first-order valence-electron chi connectivity index (χ1n) is 9.20. The molecule has 1 fully saturated rings. The molecule has 4 heteroatoms. The monoisotopic (exact) mass is 363 g/mol. The molecule has 27 heavy (non-hydrogen) atoms. The minimum atomic E-state index is -0.750. The summed E-state index contributed by atoms with van der Waals surface area (Å²) in [6.07, 6.45) is 3.31. The summed E-state index contributed by atoms with van der Waals surface area (Å²) in [6.45, 7) is 0. The molecule has 2 unspecified atom stereocenters. The average Bonchev–Trinajstić information content (AvgIpc) is 3.55. The fraction of sp³-hybridized carbons (Fsp3) is 0.261. The van der Waals surface area contributed by atoms with Gasteiger partial charge in [0, 0.05) is 19.4 Å². The quantitative estimate of drug-likeness (QED) is 0.644. The fourth-order valence-corrected chi connectivity index (χ4v) is 4.15. The third kappa shape index (κ3) is 3.10. The van der Waals surface area contributed by atoms with E-state index in [9.17, 15) is 9.18 Å². The Hall–Kier alpha value is -2.72. The highest BCUT2D eigenvalue weighted by Gasteiger charge is 2.53. The molecule has 1 aliphatic carbocycles. The molecule has 4 rings (SSSR count). The van der Waals surface area contributed by atoms with Crippen LogP contribution in [0.4, 0.5) is 4.39 Å². The number of nitrogens with zero attached hydrogens (tertiary/aromatic N) is 1. The molecule has 1 heterocycles. The Morgan fingerprint density at radius 2 is 1.63 bits per heavy atom. The second-order valence-electron chi connectivity index (χ2n) is 7.04. The van der Waals surface area contributed by atoms with Crippen molar-refractivity contribution in [2.45, 2.75) is 24.5 Å². The van der Waals surface area contributed by atoms with Gasteiger partial charge in [0.2, 0.25) is 0 Å². The maximum Gasteiger partial charge on any atom is 0.251 e. The lowest BCUT2D eigenvalue weighted by molar-refractivity contribution is -0.0670. The van der Waals surface area contributed by atoms with Gasteiger partial charge >= 0.3 is 0 Å². The highest BCUT2D eigenvalue weighted by Crippen LogP contribution is 2.55. The number of hydrogen-bond donors (Lipinski definition) is 0. The Morgan fingerprint density at radius 1 is 1.00 bits per heavy atom. The van der Waals surface area contributed by atoms with Crippen molar-refractivity contribution in [3.05, 3.63) is 106 Å². The topological polar surface area (TPSA) is 31.2 Å². The molecule has 1 saturated carbocycles. The van der Waals surface area contributed by atoms with Gasteiger partial charge in [-0.2, -0.15) is 0 Å². The van der Waals surface area contributed by atoms with E-state index >= 15 is 0 Å². The van der Waals surface area contributed by atoms with Crippen LogP contribution >= 0.6 is 0 Å². The van der Waals surface area contributed by atoms with Crippen LogP contribution in [0.1, 0.15) is 30.0 Å². The van der Waals surface area contributed by atoms with Gasteiger partial charge in [0.15, 0.2) is 0 Å². The fourth-order valence-electron chi connectivity index (χ4n) is 4.15. The predicted octanol–water partition coefficient (Wildman–Crippen LogP) is 4.53. The molecule has 1 aromatic heterocycles. The summed E-state index contributed by atoms with van der Waals surface area (Å²) in [5.41, 5.74) is 0.923. The lowest BCUT2D eigenvalue weighted by Crippen LogP contribution is -2.44. The summed E-state index contributed by atoms with van der Waals surface area (Å²) in [7, 11) is 1.69. The second kappa shape index (κ2) is 7.12. The van der Waals surface area contributed by atoms with Crippen LogP contribution in [0.3, 0.4) is 0 Å². The molecule has 0 bridgehead atoms. The number of rotatable bonds is 6. The van der Waals surface area contributed by atoms with Gasteiger partial charge in [-0.3, -0.25) is 4.79 Å². The van der Waals surface area contributed by atoms with Crippen molar-refractivity contribution >= 4 is 0 Å². The zero-order valence-electron chi connectivity index (χ0n) is 15.2. The molecule has 2 atom stereocenters. The Morgan fingerprint density at radius 3 is 2.22 bits per heavy atom. The van der Waals surface area contributed by atoms with Crippen molar-refractivity contribution in [2.75, 3.05) is 7.11 Å². The zero-order chi connectivity index (χ0) is 18.9. The lowest BCUT2D eigenvalue weighted by atomic mass is 9.78. The molecule has 0 spiro atoms. The van der Waals surface area contributed by atoms with Crippen molar-refractivity contribution in [1.82, 2.24) is 4.57 Å². The first-order chi connectivity index (χ1) is 13.2. The number of benzene rings is 2. The van der Waals surface area contributed by atoms with E-state index in [1.54, 1.807) is 7.11 Å². The van der Waals surface area contributed by atoms with Crippen molar-refractivity contribution in [1.29, 1.82) is 0 Å². The lowest BCUT2D eigenvalue weighted by Gasteiger charge is -2.42. The number of pyridine rings is 1. The number of halogens is 1. The van der Waals surface area contributed by atoms with Gasteiger partial charge in [-0.05, 0) is 36.0 Å². The molecule has 1 aliphatic rings. The molecule has 0 N–H and O–H groups in total. The number of methoxy groups -OCH3 is 1. The summed E-state index contributed by atoms with van der Waals surface area (Å²) in [6, 6.07) is 21.7. The van der Waals surface area contributed by atoms with E-state index in [4.69, 9.17) is 4.74 Å². The van der Waals surface area contributed by atoms with Crippen molar-refractivity contribution in [2.24, 2.45) is 5.92 Å². The zero-order valence-corrected chi connectivity index (χ0v) is 15.2. The van der Waals surface area contributed by atoms with Crippen LogP contribution in [0.15, 0.2) is 83.8 Å².